The number of hydrogen-bond donors (Lipinski definition) is 2. The minimum atomic E-state index is -0.833. The second kappa shape index (κ2) is 21.1. The van der Waals surface area contributed by atoms with Crippen LogP contribution in [0.4, 0.5) is 0 Å². The van der Waals surface area contributed by atoms with Crippen molar-refractivity contribution < 1.29 is 15.0 Å². The van der Waals surface area contributed by atoms with Gasteiger partial charge in [-0.05, 0) is 32.1 Å². The van der Waals surface area contributed by atoms with Gasteiger partial charge in [0, 0.05) is 6.92 Å². The number of aliphatic hydroxyl groups is 1. The van der Waals surface area contributed by atoms with Crippen molar-refractivity contribution in [2.75, 3.05) is 0 Å². The molecule has 0 heterocycles. The fourth-order valence-corrected chi connectivity index (χ4v) is 1.86. The quantitative estimate of drug-likeness (QED) is 0.263. The summed E-state index contributed by atoms with van der Waals surface area (Å²) in [7, 11) is 0. The summed E-state index contributed by atoms with van der Waals surface area (Å²) in [5, 5.41) is 15.9. The molecule has 3 heteroatoms. The highest BCUT2D eigenvalue weighted by molar-refractivity contribution is 5.62. The molecule has 2 N–H and O–H groups in total. The summed E-state index contributed by atoms with van der Waals surface area (Å²) in [5.41, 5.74) is 0. The van der Waals surface area contributed by atoms with E-state index < -0.39 is 5.97 Å². The molecule has 0 bridgehead atoms. The van der Waals surface area contributed by atoms with Crippen LogP contribution >= 0.6 is 0 Å². The third-order valence-corrected chi connectivity index (χ3v) is 2.99. The summed E-state index contributed by atoms with van der Waals surface area (Å²) in [5.74, 6) is -0.833. The van der Waals surface area contributed by atoms with Gasteiger partial charge in [0.2, 0.25) is 0 Å². The summed E-state index contributed by atoms with van der Waals surface area (Å²) in [6, 6.07) is 0. The number of carboxylic acids is 1. The number of rotatable bonds is 12. The number of aliphatic hydroxyl groups excluding tert-OH is 1. The van der Waals surface area contributed by atoms with Crippen molar-refractivity contribution in [2.45, 2.75) is 84.5 Å². The Morgan fingerprint density at radius 3 is 1.62 bits per heavy atom. The van der Waals surface area contributed by atoms with Gasteiger partial charge in [0.05, 0.1) is 6.26 Å². The first-order chi connectivity index (χ1) is 10.1. The molecule has 0 saturated heterocycles. The van der Waals surface area contributed by atoms with Crippen molar-refractivity contribution in [2.24, 2.45) is 0 Å². The minimum Gasteiger partial charge on any atom is -0.516 e. The van der Waals surface area contributed by atoms with Gasteiger partial charge in [0.25, 0.3) is 5.97 Å². The monoisotopic (exact) mass is 298 g/mol. The first-order valence-corrected chi connectivity index (χ1v) is 8.28. The Morgan fingerprint density at radius 2 is 1.19 bits per heavy atom. The molecular formula is C18H34O3. The summed E-state index contributed by atoms with van der Waals surface area (Å²) >= 11 is 0. The van der Waals surface area contributed by atoms with Crippen LogP contribution in [0, 0.1) is 0 Å². The van der Waals surface area contributed by atoms with E-state index in [4.69, 9.17) is 15.0 Å². The van der Waals surface area contributed by atoms with E-state index >= 15 is 0 Å². The largest absolute Gasteiger partial charge is 0.516 e. The number of hydrogen-bond acceptors (Lipinski definition) is 2. The number of carboxylic acid groups (broad SMARTS) is 1. The van der Waals surface area contributed by atoms with E-state index in [9.17, 15) is 0 Å². The highest BCUT2D eigenvalue weighted by atomic mass is 16.4. The topological polar surface area (TPSA) is 57.5 Å². The third-order valence-electron chi connectivity index (χ3n) is 2.99. The number of allylic oxidation sites excluding steroid dienone is 3. The molecule has 0 unspecified atom stereocenters. The van der Waals surface area contributed by atoms with E-state index in [0.29, 0.717) is 0 Å². The van der Waals surface area contributed by atoms with Crippen LogP contribution in [0.3, 0.4) is 0 Å². The molecule has 3 nitrogen and oxygen atoms in total. The van der Waals surface area contributed by atoms with Crippen LogP contribution in [0.2, 0.25) is 0 Å². The SMILES string of the molecule is CC(=O)O.CCCC/C=C/CCCCCCCC/C=C/O. The van der Waals surface area contributed by atoms with Gasteiger partial charge in [-0.1, -0.05) is 63.7 Å². The molecule has 0 saturated carbocycles. The lowest BCUT2D eigenvalue weighted by Crippen LogP contribution is -1.79. The first-order valence-electron chi connectivity index (χ1n) is 8.28. The predicted molar refractivity (Wildman–Crippen MR) is 90.7 cm³/mol. The molecule has 21 heavy (non-hydrogen) atoms. The summed E-state index contributed by atoms with van der Waals surface area (Å²) in [4.78, 5) is 9.00. The first kappa shape index (κ1) is 22.0. The maximum atomic E-state index is 9.00. The molecule has 0 aliphatic carbocycles. The molecule has 0 rings (SSSR count). The molecular weight excluding hydrogens is 264 g/mol. The summed E-state index contributed by atoms with van der Waals surface area (Å²) in [6.45, 7) is 3.32. The number of carbonyl (C=O) groups is 1. The van der Waals surface area contributed by atoms with E-state index in [-0.39, 0.29) is 0 Å². The molecule has 0 amide bonds. The van der Waals surface area contributed by atoms with E-state index in [1.165, 1.54) is 64.2 Å². The fraction of sp³-hybridized carbons (Fsp3) is 0.722. The second-order valence-corrected chi connectivity index (χ2v) is 5.22. The van der Waals surface area contributed by atoms with E-state index in [1.807, 2.05) is 6.08 Å². The third kappa shape index (κ3) is 32.4. The van der Waals surface area contributed by atoms with E-state index in [1.54, 1.807) is 0 Å². The van der Waals surface area contributed by atoms with Crippen LogP contribution in [0.5, 0.6) is 0 Å². The van der Waals surface area contributed by atoms with Crippen LogP contribution in [-0.4, -0.2) is 16.2 Å². The Balaban J connectivity index is 0. The van der Waals surface area contributed by atoms with Gasteiger partial charge in [-0.2, -0.15) is 0 Å². The average Bonchev–Trinajstić information content (AvgIpc) is 2.43. The molecule has 0 aromatic heterocycles. The predicted octanol–water partition coefficient (Wildman–Crippen LogP) is 6.02. The summed E-state index contributed by atoms with van der Waals surface area (Å²) in [6.07, 6.45) is 21.8. The average molecular weight is 298 g/mol. The maximum absolute atomic E-state index is 9.00. The zero-order valence-corrected chi connectivity index (χ0v) is 13.9. The van der Waals surface area contributed by atoms with Gasteiger partial charge in [-0.15, -0.1) is 0 Å². The highest BCUT2D eigenvalue weighted by Gasteiger charge is 1.89. The molecule has 0 aromatic carbocycles. The van der Waals surface area contributed by atoms with Crippen molar-refractivity contribution in [3.63, 3.8) is 0 Å². The molecule has 0 fully saturated rings. The molecule has 0 radical (unpaired) electrons. The van der Waals surface area contributed by atoms with E-state index in [2.05, 4.69) is 19.1 Å². The van der Waals surface area contributed by atoms with Crippen LogP contribution in [-0.2, 0) is 4.79 Å². The molecule has 0 aliphatic heterocycles. The minimum absolute atomic E-state index is 0.833. The normalized spacial score (nSPS) is 10.8. The lowest BCUT2D eigenvalue weighted by atomic mass is 10.1. The van der Waals surface area contributed by atoms with E-state index in [0.717, 1.165) is 19.6 Å². The fourth-order valence-electron chi connectivity index (χ4n) is 1.86. The Hall–Kier alpha value is -1.25. The van der Waals surface area contributed by atoms with Crippen LogP contribution in [0.25, 0.3) is 0 Å². The van der Waals surface area contributed by atoms with Crippen molar-refractivity contribution in [1.82, 2.24) is 0 Å². The summed E-state index contributed by atoms with van der Waals surface area (Å²) < 4.78 is 0. The molecule has 0 atom stereocenters. The highest BCUT2D eigenvalue weighted by Crippen LogP contribution is 2.09. The second-order valence-electron chi connectivity index (χ2n) is 5.22. The van der Waals surface area contributed by atoms with Crippen LogP contribution in [0.1, 0.15) is 84.5 Å². The molecule has 0 spiro atoms. The number of unbranched alkanes of at least 4 members (excludes halogenated alkanes) is 9. The van der Waals surface area contributed by atoms with Gasteiger partial charge in [-0.25, -0.2) is 0 Å². The van der Waals surface area contributed by atoms with Gasteiger partial charge < -0.3 is 10.2 Å². The molecule has 0 aromatic rings. The van der Waals surface area contributed by atoms with Crippen molar-refractivity contribution >= 4 is 5.97 Å². The van der Waals surface area contributed by atoms with Gasteiger partial charge in [-0.3, -0.25) is 4.79 Å². The molecule has 124 valence electrons. The Bertz CT molecular complexity index is 253. The zero-order valence-electron chi connectivity index (χ0n) is 13.9. The van der Waals surface area contributed by atoms with Crippen molar-refractivity contribution in [3.05, 3.63) is 24.5 Å². The lowest BCUT2D eigenvalue weighted by molar-refractivity contribution is -0.134. The van der Waals surface area contributed by atoms with Crippen molar-refractivity contribution in [1.29, 1.82) is 0 Å². The Labute approximate surface area is 130 Å². The Kier molecular flexibility index (Phi) is 22.1. The zero-order chi connectivity index (χ0) is 16.2. The van der Waals surface area contributed by atoms with Crippen LogP contribution in [0.15, 0.2) is 24.5 Å². The maximum Gasteiger partial charge on any atom is 0.300 e. The standard InChI is InChI=1S/C16H30O.C2H4O2/c1-2-3-4-5-6-7-8-9-10-11-12-13-14-15-16-17;1-2(3)4/h5-6,15-17H,2-4,7-14H2,1H3;1H3,(H,3,4)/b6-5+,16-15+;. The van der Waals surface area contributed by atoms with Gasteiger partial charge in [0.15, 0.2) is 0 Å². The van der Waals surface area contributed by atoms with Crippen LogP contribution < -0.4 is 0 Å². The Morgan fingerprint density at radius 1 is 0.810 bits per heavy atom. The lowest BCUT2D eigenvalue weighted by Gasteiger charge is -1.99. The smallest absolute Gasteiger partial charge is 0.300 e. The van der Waals surface area contributed by atoms with Gasteiger partial charge >= 0.3 is 0 Å². The molecule has 0 aliphatic rings. The van der Waals surface area contributed by atoms with Crippen molar-refractivity contribution in [3.8, 4) is 0 Å². The number of aliphatic carboxylic acids is 1. The van der Waals surface area contributed by atoms with Gasteiger partial charge in [0.1, 0.15) is 0 Å².